The third kappa shape index (κ3) is 3.66. The predicted octanol–water partition coefficient (Wildman–Crippen LogP) is 3.06. The number of amides is 1. The second kappa shape index (κ2) is 6.55. The van der Waals surface area contributed by atoms with Crippen molar-refractivity contribution in [2.45, 2.75) is 13.3 Å². The van der Waals surface area contributed by atoms with Crippen LogP contribution in [-0.4, -0.2) is 29.8 Å². The highest BCUT2D eigenvalue weighted by molar-refractivity contribution is 6.18. The van der Waals surface area contributed by atoms with Gasteiger partial charge in [-0.25, -0.2) is 8.78 Å². The van der Waals surface area contributed by atoms with Crippen LogP contribution in [-0.2, 0) is 0 Å². The minimum Gasteiger partial charge on any atom is -0.337 e. The van der Waals surface area contributed by atoms with Crippen LogP contribution in [0, 0.1) is 11.6 Å². The van der Waals surface area contributed by atoms with Crippen molar-refractivity contribution in [2.24, 2.45) is 0 Å². The van der Waals surface area contributed by atoms with E-state index in [0.29, 0.717) is 19.2 Å². The van der Waals surface area contributed by atoms with E-state index in [1.807, 2.05) is 6.92 Å². The molecule has 0 aromatic heterocycles. The molecule has 0 fully saturated rings. The fraction of sp³-hybridized carbons (Fsp3) is 0.417. The normalized spacial score (nSPS) is 10.4. The van der Waals surface area contributed by atoms with Crippen LogP contribution in [0.4, 0.5) is 8.78 Å². The Hall–Kier alpha value is -1.16. The molecule has 1 rings (SSSR count). The van der Waals surface area contributed by atoms with Gasteiger partial charge in [0, 0.05) is 25.0 Å². The lowest BCUT2D eigenvalue weighted by Gasteiger charge is -2.21. The summed E-state index contributed by atoms with van der Waals surface area (Å²) < 4.78 is 26.1. The largest absolute Gasteiger partial charge is 0.337 e. The number of benzene rings is 1. The van der Waals surface area contributed by atoms with Gasteiger partial charge in [-0.1, -0.05) is 6.92 Å². The van der Waals surface area contributed by atoms with Crippen molar-refractivity contribution in [2.75, 3.05) is 19.0 Å². The summed E-state index contributed by atoms with van der Waals surface area (Å²) in [7, 11) is 0. The van der Waals surface area contributed by atoms with E-state index in [1.165, 1.54) is 4.90 Å². The van der Waals surface area contributed by atoms with Crippen molar-refractivity contribution < 1.29 is 13.6 Å². The summed E-state index contributed by atoms with van der Waals surface area (Å²) in [6.07, 6.45) is 0.755. The topological polar surface area (TPSA) is 20.3 Å². The van der Waals surface area contributed by atoms with E-state index >= 15 is 0 Å². The van der Waals surface area contributed by atoms with Crippen molar-refractivity contribution in [1.29, 1.82) is 0 Å². The summed E-state index contributed by atoms with van der Waals surface area (Å²) in [5, 5.41) is 0. The standard InChI is InChI=1S/C12H14ClF2NO/c1-2-6-16(7-5-13)12(17)10-4-3-9(14)8-11(10)15/h3-4,8H,2,5-7H2,1H3. The molecule has 0 saturated heterocycles. The van der Waals surface area contributed by atoms with Gasteiger partial charge in [0.2, 0.25) is 0 Å². The van der Waals surface area contributed by atoms with Gasteiger partial charge in [-0.2, -0.15) is 0 Å². The quantitative estimate of drug-likeness (QED) is 0.746. The molecule has 94 valence electrons. The molecule has 0 bridgehead atoms. The zero-order valence-electron chi connectivity index (χ0n) is 9.55. The SMILES string of the molecule is CCCN(CCCl)C(=O)c1ccc(F)cc1F. The maximum absolute atomic E-state index is 13.4. The first-order valence-corrected chi connectivity index (χ1v) is 5.94. The molecule has 0 unspecified atom stereocenters. The van der Waals surface area contributed by atoms with E-state index < -0.39 is 17.5 Å². The number of halogens is 3. The van der Waals surface area contributed by atoms with E-state index in [-0.39, 0.29) is 11.4 Å². The molecule has 0 spiro atoms. The van der Waals surface area contributed by atoms with Crippen LogP contribution in [0.1, 0.15) is 23.7 Å². The Kier molecular flexibility index (Phi) is 5.35. The number of hydrogen-bond acceptors (Lipinski definition) is 1. The Morgan fingerprint density at radius 1 is 1.35 bits per heavy atom. The first-order chi connectivity index (χ1) is 8.10. The zero-order valence-corrected chi connectivity index (χ0v) is 10.3. The Bertz CT molecular complexity index is 392. The highest BCUT2D eigenvalue weighted by atomic mass is 35.5. The summed E-state index contributed by atoms with van der Waals surface area (Å²) in [6, 6.07) is 2.93. The molecule has 0 N–H and O–H groups in total. The average molecular weight is 262 g/mol. The molecule has 0 atom stereocenters. The molecule has 0 heterocycles. The van der Waals surface area contributed by atoms with Gasteiger partial charge in [-0.15, -0.1) is 11.6 Å². The number of alkyl halides is 1. The predicted molar refractivity (Wildman–Crippen MR) is 63.3 cm³/mol. The van der Waals surface area contributed by atoms with Gasteiger partial charge >= 0.3 is 0 Å². The first kappa shape index (κ1) is 13.9. The summed E-state index contributed by atoms with van der Waals surface area (Å²) in [5.74, 6) is -1.71. The lowest BCUT2D eigenvalue weighted by atomic mass is 10.1. The summed E-state index contributed by atoms with van der Waals surface area (Å²) >= 11 is 5.58. The molecule has 0 aliphatic heterocycles. The number of carbonyl (C=O) groups excluding carboxylic acids is 1. The summed E-state index contributed by atoms with van der Waals surface area (Å²) in [6.45, 7) is 2.77. The van der Waals surface area contributed by atoms with Crippen LogP contribution in [0.3, 0.4) is 0 Å². The van der Waals surface area contributed by atoms with Crippen LogP contribution in [0.2, 0.25) is 0 Å². The van der Waals surface area contributed by atoms with Crippen LogP contribution in [0.5, 0.6) is 0 Å². The zero-order chi connectivity index (χ0) is 12.8. The first-order valence-electron chi connectivity index (χ1n) is 5.40. The van der Waals surface area contributed by atoms with Crippen LogP contribution >= 0.6 is 11.6 Å². The van der Waals surface area contributed by atoms with E-state index in [2.05, 4.69) is 0 Å². The van der Waals surface area contributed by atoms with Gasteiger partial charge in [0.1, 0.15) is 11.6 Å². The van der Waals surface area contributed by atoms with Gasteiger partial charge in [0.25, 0.3) is 5.91 Å². The number of carbonyl (C=O) groups is 1. The Balaban J connectivity index is 2.92. The molecule has 1 amide bonds. The summed E-state index contributed by atoms with van der Waals surface area (Å²) in [5.41, 5.74) is -0.120. The molecule has 0 aliphatic carbocycles. The van der Waals surface area contributed by atoms with E-state index in [9.17, 15) is 13.6 Å². The van der Waals surface area contributed by atoms with Crippen LogP contribution in [0.25, 0.3) is 0 Å². The monoisotopic (exact) mass is 261 g/mol. The molecule has 0 saturated carbocycles. The second-order valence-electron chi connectivity index (χ2n) is 3.61. The van der Waals surface area contributed by atoms with Gasteiger partial charge < -0.3 is 4.90 Å². The molecule has 0 aliphatic rings. The minimum atomic E-state index is -0.842. The van der Waals surface area contributed by atoms with Crippen LogP contribution in [0.15, 0.2) is 18.2 Å². The van der Waals surface area contributed by atoms with Crippen molar-refractivity contribution in [3.8, 4) is 0 Å². The second-order valence-corrected chi connectivity index (χ2v) is 3.98. The van der Waals surface area contributed by atoms with Gasteiger partial charge in [-0.3, -0.25) is 4.79 Å². The molecule has 5 heteroatoms. The molecule has 1 aromatic carbocycles. The van der Waals surface area contributed by atoms with Gasteiger partial charge in [0.05, 0.1) is 5.56 Å². The van der Waals surface area contributed by atoms with E-state index in [4.69, 9.17) is 11.6 Å². The van der Waals surface area contributed by atoms with Gasteiger partial charge in [0.15, 0.2) is 0 Å². The smallest absolute Gasteiger partial charge is 0.256 e. The third-order valence-electron chi connectivity index (χ3n) is 2.30. The molecule has 17 heavy (non-hydrogen) atoms. The third-order valence-corrected chi connectivity index (χ3v) is 2.47. The maximum Gasteiger partial charge on any atom is 0.256 e. The lowest BCUT2D eigenvalue weighted by molar-refractivity contribution is 0.0761. The average Bonchev–Trinajstić information content (AvgIpc) is 2.28. The molecule has 0 radical (unpaired) electrons. The fourth-order valence-corrected chi connectivity index (χ4v) is 1.72. The maximum atomic E-state index is 13.4. The molecular weight excluding hydrogens is 248 g/mol. The van der Waals surface area contributed by atoms with Gasteiger partial charge in [-0.05, 0) is 18.6 Å². The Labute approximate surface area is 104 Å². The fourth-order valence-electron chi connectivity index (χ4n) is 1.52. The van der Waals surface area contributed by atoms with Crippen LogP contribution < -0.4 is 0 Å². The molecule has 2 nitrogen and oxygen atoms in total. The Morgan fingerprint density at radius 3 is 2.59 bits per heavy atom. The highest BCUT2D eigenvalue weighted by Gasteiger charge is 2.18. The summed E-state index contributed by atoms with van der Waals surface area (Å²) in [4.78, 5) is 13.4. The van der Waals surface area contributed by atoms with E-state index in [1.54, 1.807) is 0 Å². The van der Waals surface area contributed by atoms with Crippen molar-refractivity contribution in [1.82, 2.24) is 4.90 Å². The van der Waals surface area contributed by atoms with E-state index in [0.717, 1.165) is 18.6 Å². The number of nitrogens with zero attached hydrogens (tertiary/aromatic N) is 1. The van der Waals surface area contributed by atoms with Crippen molar-refractivity contribution in [3.63, 3.8) is 0 Å². The molecule has 1 aromatic rings. The highest BCUT2D eigenvalue weighted by Crippen LogP contribution is 2.12. The minimum absolute atomic E-state index is 0.120. The Morgan fingerprint density at radius 2 is 2.06 bits per heavy atom. The number of hydrogen-bond donors (Lipinski definition) is 0. The molecular formula is C12H14ClF2NO. The lowest BCUT2D eigenvalue weighted by Crippen LogP contribution is -2.34. The number of rotatable bonds is 5. The van der Waals surface area contributed by atoms with Crippen molar-refractivity contribution >= 4 is 17.5 Å². The van der Waals surface area contributed by atoms with Crippen molar-refractivity contribution in [3.05, 3.63) is 35.4 Å².